The molecule has 11 heteroatoms. The molecule has 1 aromatic heterocycles. The second-order valence-electron chi connectivity index (χ2n) is 9.68. The summed E-state index contributed by atoms with van der Waals surface area (Å²) in [5.41, 5.74) is 2.16. The number of carboxylic acid groups (broad SMARTS) is 1. The number of rotatable bonds is 8. The van der Waals surface area contributed by atoms with E-state index in [1.54, 1.807) is 53.9 Å². The highest BCUT2D eigenvalue weighted by Crippen LogP contribution is 2.43. The van der Waals surface area contributed by atoms with Crippen molar-refractivity contribution in [3.05, 3.63) is 75.6 Å². The predicted molar refractivity (Wildman–Crippen MR) is 148 cm³/mol. The average Bonchev–Trinajstić information content (AvgIpc) is 3.45. The van der Waals surface area contributed by atoms with Crippen LogP contribution in [0.2, 0.25) is 10.0 Å². The SMILES string of the molecule is O=C(O)C(Cc1ccc(-c2c(Cl)cccc2Cl)cc1)NC(=O)C1C2CCC(CC2)N1S(=O)(=O)c1cccs1. The minimum absolute atomic E-state index is 0.0378. The van der Waals surface area contributed by atoms with E-state index in [2.05, 4.69) is 5.32 Å². The maximum atomic E-state index is 13.5. The highest BCUT2D eigenvalue weighted by molar-refractivity contribution is 7.91. The molecule has 0 spiro atoms. The van der Waals surface area contributed by atoms with Gasteiger partial charge < -0.3 is 10.4 Å². The van der Waals surface area contributed by atoms with Crippen molar-refractivity contribution < 1.29 is 23.1 Å². The van der Waals surface area contributed by atoms with E-state index in [0.29, 0.717) is 34.0 Å². The normalized spacial score (nSPS) is 22.2. The van der Waals surface area contributed by atoms with Crippen LogP contribution in [-0.2, 0) is 26.0 Å². The van der Waals surface area contributed by atoms with Crippen LogP contribution in [0.4, 0.5) is 0 Å². The predicted octanol–water partition coefficient (Wildman–Crippen LogP) is 5.47. The number of piperidine rings is 2. The summed E-state index contributed by atoms with van der Waals surface area (Å²) < 4.78 is 28.5. The Morgan fingerprint density at radius 3 is 2.24 bits per heavy atom. The number of sulfonamides is 1. The van der Waals surface area contributed by atoms with Crippen molar-refractivity contribution >= 4 is 56.4 Å². The van der Waals surface area contributed by atoms with Gasteiger partial charge in [0.05, 0.1) is 0 Å². The van der Waals surface area contributed by atoms with Gasteiger partial charge in [0.1, 0.15) is 16.3 Å². The lowest BCUT2D eigenvalue weighted by Crippen LogP contribution is -2.63. The van der Waals surface area contributed by atoms with Crippen molar-refractivity contribution in [2.45, 2.75) is 54.4 Å². The number of amides is 1. The molecule has 6 rings (SSSR count). The number of halogens is 2. The fourth-order valence-corrected chi connectivity index (χ4v) is 9.17. The zero-order valence-corrected chi connectivity index (χ0v) is 23.4. The van der Waals surface area contributed by atoms with Crippen LogP contribution < -0.4 is 5.32 Å². The van der Waals surface area contributed by atoms with Crippen molar-refractivity contribution in [1.82, 2.24) is 9.62 Å². The first-order valence-corrected chi connectivity index (χ1v) is 15.4. The van der Waals surface area contributed by atoms with Crippen molar-refractivity contribution in [2.24, 2.45) is 5.92 Å². The van der Waals surface area contributed by atoms with E-state index < -0.39 is 34.0 Å². The van der Waals surface area contributed by atoms with Gasteiger partial charge in [0, 0.05) is 28.1 Å². The summed E-state index contributed by atoms with van der Waals surface area (Å²) in [5.74, 6) is -1.90. The number of aliphatic carboxylic acids is 1. The number of hydrogen-bond acceptors (Lipinski definition) is 5. The molecule has 38 heavy (non-hydrogen) atoms. The third-order valence-electron chi connectivity index (χ3n) is 7.38. The molecule has 3 heterocycles. The van der Waals surface area contributed by atoms with Crippen LogP contribution >= 0.6 is 34.5 Å². The summed E-state index contributed by atoms with van der Waals surface area (Å²) in [6.45, 7) is 0. The molecule has 3 fully saturated rings. The van der Waals surface area contributed by atoms with E-state index in [-0.39, 0.29) is 22.6 Å². The molecular formula is C27H26Cl2N2O5S2. The smallest absolute Gasteiger partial charge is 0.326 e. The van der Waals surface area contributed by atoms with Gasteiger partial charge in [0.15, 0.2) is 0 Å². The first-order valence-electron chi connectivity index (χ1n) is 12.3. The van der Waals surface area contributed by atoms with Gasteiger partial charge in [-0.3, -0.25) is 4.79 Å². The van der Waals surface area contributed by atoms with Gasteiger partial charge in [-0.1, -0.05) is 59.6 Å². The number of carboxylic acids is 1. The molecule has 2 N–H and O–H groups in total. The molecule has 200 valence electrons. The van der Waals surface area contributed by atoms with Crippen LogP contribution in [0.15, 0.2) is 64.2 Å². The number of carbonyl (C=O) groups excluding carboxylic acids is 1. The number of nitrogens with one attached hydrogen (secondary N) is 1. The average molecular weight is 594 g/mol. The van der Waals surface area contributed by atoms with Gasteiger partial charge in [-0.2, -0.15) is 4.31 Å². The molecule has 2 bridgehead atoms. The highest BCUT2D eigenvalue weighted by atomic mass is 35.5. The first-order chi connectivity index (χ1) is 18.2. The van der Waals surface area contributed by atoms with Crippen LogP contribution in [-0.4, -0.2) is 47.8 Å². The van der Waals surface area contributed by atoms with E-state index >= 15 is 0 Å². The van der Waals surface area contributed by atoms with Crippen LogP contribution in [0.25, 0.3) is 11.1 Å². The quantitative estimate of drug-likeness (QED) is 0.361. The Morgan fingerprint density at radius 2 is 1.66 bits per heavy atom. The summed E-state index contributed by atoms with van der Waals surface area (Å²) in [6, 6.07) is 13.2. The molecule has 7 nitrogen and oxygen atoms in total. The van der Waals surface area contributed by atoms with E-state index in [9.17, 15) is 23.1 Å². The molecule has 0 radical (unpaired) electrons. The lowest BCUT2D eigenvalue weighted by atomic mass is 9.76. The van der Waals surface area contributed by atoms with Crippen molar-refractivity contribution in [3.8, 4) is 11.1 Å². The van der Waals surface area contributed by atoms with Crippen LogP contribution in [0.1, 0.15) is 31.2 Å². The zero-order chi connectivity index (χ0) is 27.0. The van der Waals surface area contributed by atoms with E-state index in [1.807, 2.05) is 0 Å². The summed E-state index contributed by atoms with van der Waals surface area (Å²) in [5, 5.41) is 15.3. The van der Waals surface area contributed by atoms with Crippen LogP contribution in [0.3, 0.4) is 0 Å². The maximum Gasteiger partial charge on any atom is 0.326 e. The Labute approximate surface area is 235 Å². The Morgan fingerprint density at radius 1 is 1.00 bits per heavy atom. The minimum Gasteiger partial charge on any atom is -0.480 e. The Kier molecular flexibility index (Phi) is 7.84. The topological polar surface area (TPSA) is 104 Å². The van der Waals surface area contributed by atoms with Gasteiger partial charge in [-0.05, 0) is 66.3 Å². The molecule has 2 unspecified atom stereocenters. The number of carbonyl (C=O) groups is 2. The monoisotopic (exact) mass is 592 g/mol. The van der Waals surface area contributed by atoms with Crippen molar-refractivity contribution in [2.75, 3.05) is 0 Å². The van der Waals surface area contributed by atoms with Gasteiger partial charge in [-0.25, -0.2) is 13.2 Å². The molecule has 2 saturated heterocycles. The molecule has 1 saturated carbocycles. The van der Waals surface area contributed by atoms with Crippen LogP contribution in [0.5, 0.6) is 0 Å². The lowest BCUT2D eigenvalue weighted by molar-refractivity contribution is -0.143. The number of hydrogen-bond donors (Lipinski definition) is 2. The lowest BCUT2D eigenvalue weighted by Gasteiger charge is -2.49. The molecular weight excluding hydrogens is 567 g/mol. The number of thiophene rings is 1. The molecule has 3 aliphatic rings. The van der Waals surface area contributed by atoms with Gasteiger partial charge in [0.2, 0.25) is 5.91 Å². The highest BCUT2D eigenvalue weighted by Gasteiger charge is 2.51. The van der Waals surface area contributed by atoms with Gasteiger partial charge in [-0.15, -0.1) is 11.3 Å². The van der Waals surface area contributed by atoms with E-state index in [1.165, 1.54) is 10.4 Å². The number of nitrogens with zero attached hydrogens (tertiary/aromatic N) is 1. The second kappa shape index (κ2) is 11.0. The first kappa shape index (κ1) is 27.1. The number of fused-ring (bicyclic) bond motifs is 3. The van der Waals surface area contributed by atoms with Crippen molar-refractivity contribution in [3.63, 3.8) is 0 Å². The Bertz CT molecular complexity index is 1420. The van der Waals surface area contributed by atoms with E-state index in [0.717, 1.165) is 29.7 Å². The largest absolute Gasteiger partial charge is 0.480 e. The third kappa shape index (κ3) is 5.22. The van der Waals surface area contributed by atoms with Crippen LogP contribution in [0, 0.1) is 5.92 Å². The Hall–Kier alpha value is -2.43. The summed E-state index contributed by atoms with van der Waals surface area (Å²) >= 11 is 13.7. The zero-order valence-electron chi connectivity index (χ0n) is 20.2. The molecule has 2 atom stereocenters. The second-order valence-corrected chi connectivity index (χ2v) is 13.5. The Balaban J connectivity index is 1.35. The third-order valence-corrected chi connectivity index (χ3v) is 11.3. The minimum atomic E-state index is -3.87. The fraction of sp³-hybridized carbons (Fsp3) is 0.333. The van der Waals surface area contributed by atoms with Gasteiger partial charge in [0.25, 0.3) is 10.0 Å². The standard InChI is InChI=1S/C27H26Cl2N2O5S2/c28-20-3-1-4-21(29)24(20)17-8-6-16(7-9-17)15-22(27(33)34)30-26(32)25-18-10-12-19(13-11-18)31(25)38(35,36)23-5-2-14-37-23/h1-9,14,18-19,22,25H,10-13,15H2,(H,30,32)(H,33,34). The molecule has 2 aromatic carbocycles. The fourth-order valence-electron chi connectivity index (χ4n) is 5.57. The van der Waals surface area contributed by atoms with E-state index in [4.69, 9.17) is 23.2 Å². The number of benzene rings is 2. The summed E-state index contributed by atoms with van der Waals surface area (Å²) in [7, 11) is -3.87. The molecule has 2 aliphatic heterocycles. The van der Waals surface area contributed by atoms with Gasteiger partial charge >= 0.3 is 5.97 Å². The van der Waals surface area contributed by atoms with Crippen molar-refractivity contribution in [1.29, 1.82) is 0 Å². The molecule has 1 aliphatic carbocycles. The molecule has 1 amide bonds. The summed E-state index contributed by atoms with van der Waals surface area (Å²) in [4.78, 5) is 25.7. The maximum absolute atomic E-state index is 13.5. The summed E-state index contributed by atoms with van der Waals surface area (Å²) in [6.07, 6.45) is 2.91. The molecule has 3 aromatic rings.